The zero-order chi connectivity index (χ0) is 10.8. The van der Waals surface area contributed by atoms with Crippen molar-refractivity contribution in [2.45, 2.75) is 18.9 Å². The number of aromatic hydroxyl groups is 1. The van der Waals surface area contributed by atoms with Gasteiger partial charge in [-0.05, 0) is 53.0 Å². The third-order valence-corrected chi connectivity index (χ3v) is 3.34. The van der Waals surface area contributed by atoms with Crippen LogP contribution in [0.4, 0.5) is 0 Å². The Morgan fingerprint density at radius 1 is 1.50 bits per heavy atom. The highest BCUT2D eigenvalue weighted by molar-refractivity contribution is 9.10. The third kappa shape index (κ3) is 2.62. The van der Waals surface area contributed by atoms with E-state index in [9.17, 15) is 5.11 Å². The summed E-state index contributed by atoms with van der Waals surface area (Å²) in [7, 11) is 1.56. The third-order valence-electron chi connectivity index (χ3n) is 2.73. The molecule has 1 aliphatic rings. The highest BCUT2D eigenvalue weighted by atomic mass is 79.9. The Bertz CT molecular complexity index is 367. The number of ether oxygens (including phenoxy) is 1. The van der Waals surface area contributed by atoms with Crippen LogP contribution in [-0.2, 0) is 0 Å². The number of nitrogens with one attached hydrogen (secondary N) is 1. The summed E-state index contributed by atoms with van der Waals surface area (Å²) in [6, 6.07) is 4.22. The number of benzene rings is 1. The van der Waals surface area contributed by atoms with Gasteiger partial charge in [0, 0.05) is 6.04 Å². The lowest BCUT2D eigenvalue weighted by Crippen LogP contribution is -2.12. The number of phenolic OH excluding ortho intramolecular Hbond substituents is 1. The van der Waals surface area contributed by atoms with Crippen LogP contribution in [0.2, 0.25) is 0 Å². The molecule has 0 unspecified atom stereocenters. The molecule has 1 fully saturated rings. The van der Waals surface area contributed by atoms with Crippen molar-refractivity contribution in [3.05, 3.63) is 22.2 Å². The van der Waals surface area contributed by atoms with E-state index < -0.39 is 0 Å². The van der Waals surface area contributed by atoms with Crippen molar-refractivity contribution in [2.24, 2.45) is 0 Å². The van der Waals surface area contributed by atoms with Crippen LogP contribution >= 0.6 is 28.3 Å². The molecule has 5 heteroatoms. The van der Waals surface area contributed by atoms with Gasteiger partial charge < -0.3 is 15.2 Å². The molecule has 1 aromatic rings. The Hall–Kier alpha value is -0.450. The first-order valence-corrected chi connectivity index (χ1v) is 5.81. The second-order valence-corrected chi connectivity index (χ2v) is 4.56. The van der Waals surface area contributed by atoms with E-state index in [1.165, 1.54) is 6.42 Å². The lowest BCUT2D eigenvalue weighted by atomic mass is 10.0. The van der Waals surface area contributed by atoms with Gasteiger partial charge in [-0.25, -0.2) is 0 Å². The molecule has 0 aliphatic carbocycles. The van der Waals surface area contributed by atoms with Crippen LogP contribution in [0, 0.1) is 0 Å². The van der Waals surface area contributed by atoms with Crippen LogP contribution in [0.15, 0.2) is 16.6 Å². The SMILES string of the molecule is COc1cc([C@H]2CCCN2)cc(Br)c1O.Cl. The Morgan fingerprint density at radius 2 is 2.25 bits per heavy atom. The van der Waals surface area contributed by atoms with Crippen LogP contribution in [0.5, 0.6) is 11.5 Å². The monoisotopic (exact) mass is 307 g/mol. The van der Waals surface area contributed by atoms with Crippen LogP contribution in [-0.4, -0.2) is 18.8 Å². The van der Waals surface area contributed by atoms with E-state index in [-0.39, 0.29) is 18.2 Å². The van der Waals surface area contributed by atoms with Gasteiger partial charge in [-0.1, -0.05) is 0 Å². The molecule has 1 aliphatic heterocycles. The van der Waals surface area contributed by atoms with Gasteiger partial charge in [0.25, 0.3) is 0 Å². The summed E-state index contributed by atoms with van der Waals surface area (Å²) in [5, 5.41) is 13.1. The minimum Gasteiger partial charge on any atom is -0.503 e. The molecule has 16 heavy (non-hydrogen) atoms. The normalized spacial score (nSPS) is 19.2. The first-order valence-electron chi connectivity index (χ1n) is 5.02. The lowest BCUT2D eigenvalue weighted by Gasteiger charge is -2.14. The van der Waals surface area contributed by atoms with Gasteiger partial charge in [0.15, 0.2) is 11.5 Å². The fourth-order valence-corrected chi connectivity index (χ4v) is 2.38. The van der Waals surface area contributed by atoms with Gasteiger partial charge in [-0.3, -0.25) is 0 Å². The molecule has 1 aromatic carbocycles. The topological polar surface area (TPSA) is 41.5 Å². The maximum Gasteiger partial charge on any atom is 0.172 e. The van der Waals surface area contributed by atoms with Crippen molar-refractivity contribution in [1.29, 1.82) is 0 Å². The second kappa shape index (κ2) is 5.75. The zero-order valence-corrected chi connectivity index (χ0v) is 11.4. The molecule has 0 spiro atoms. The van der Waals surface area contributed by atoms with Gasteiger partial charge in [0.05, 0.1) is 11.6 Å². The summed E-state index contributed by atoms with van der Waals surface area (Å²) < 4.78 is 5.80. The fourth-order valence-electron chi connectivity index (χ4n) is 1.92. The van der Waals surface area contributed by atoms with E-state index in [1.807, 2.05) is 12.1 Å². The van der Waals surface area contributed by atoms with E-state index in [1.54, 1.807) is 7.11 Å². The van der Waals surface area contributed by atoms with E-state index in [0.29, 0.717) is 16.3 Å². The molecule has 2 rings (SSSR count). The van der Waals surface area contributed by atoms with Crippen molar-refractivity contribution in [2.75, 3.05) is 13.7 Å². The van der Waals surface area contributed by atoms with Gasteiger partial charge >= 0.3 is 0 Å². The van der Waals surface area contributed by atoms with Gasteiger partial charge in [0.2, 0.25) is 0 Å². The summed E-state index contributed by atoms with van der Waals surface area (Å²) >= 11 is 3.33. The molecule has 0 saturated carbocycles. The maximum absolute atomic E-state index is 9.67. The van der Waals surface area contributed by atoms with Crippen LogP contribution in [0.25, 0.3) is 0 Å². The molecule has 0 aromatic heterocycles. The van der Waals surface area contributed by atoms with Crippen molar-refractivity contribution < 1.29 is 9.84 Å². The van der Waals surface area contributed by atoms with Crippen LogP contribution in [0.3, 0.4) is 0 Å². The molecule has 3 nitrogen and oxygen atoms in total. The molecular formula is C11H15BrClNO2. The van der Waals surface area contributed by atoms with Crippen molar-refractivity contribution in [3.63, 3.8) is 0 Å². The number of hydrogen-bond acceptors (Lipinski definition) is 3. The molecule has 1 saturated heterocycles. The maximum atomic E-state index is 9.67. The average molecular weight is 309 g/mol. The lowest BCUT2D eigenvalue weighted by molar-refractivity contribution is 0.370. The Labute approximate surface area is 110 Å². The average Bonchev–Trinajstić information content (AvgIpc) is 2.75. The van der Waals surface area contributed by atoms with Crippen LogP contribution in [0.1, 0.15) is 24.4 Å². The van der Waals surface area contributed by atoms with Gasteiger partial charge in [-0.2, -0.15) is 0 Å². The molecule has 90 valence electrons. The van der Waals surface area contributed by atoms with Crippen molar-refractivity contribution in [3.8, 4) is 11.5 Å². The summed E-state index contributed by atoms with van der Waals surface area (Å²) in [4.78, 5) is 0. The minimum absolute atomic E-state index is 0. The van der Waals surface area contributed by atoms with E-state index in [4.69, 9.17) is 4.74 Å². The minimum atomic E-state index is 0. The van der Waals surface area contributed by atoms with Crippen LogP contribution < -0.4 is 10.1 Å². The molecular weight excluding hydrogens is 293 g/mol. The molecule has 1 atom stereocenters. The number of rotatable bonds is 2. The van der Waals surface area contributed by atoms with Gasteiger partial charge in [0.1, 0.15) is 0 Å². The highest BCUT2D eigenvalue weighted by Crippen LogP contribution is 2.38. The molecule has 0 bridgehead atoms. The fraction of sp³-hybridized carbons (Fsp3) is 0.455. The Kier molecular flexibility index (Phi) is 4.89. The smallest absolute Gasteiger partial charge is 0.172 e. The molecule has 0 radical (unpaired) electrons. The number of hydrogen-bond donors (Lipinski definition) is 2. The summed E-state index contributed by atoms with van der Waals surface area (Å²) in [5.74, 6) is 0.687. The predicted molar refractivity (Wildman–Crippen MR) is 69.6 cm³/mol. The molecule has 1 heterocycles. The quantitative estimate of drug-likeness (QED) is 0.882. The zero-order valence-electron chi connectivity index (χ0n) is 9.00. The van der Waals surface area contributed by atoms with E-state index in [0.717, 1.165) is 18.5 Å². The Balaban J connectivity index is 0.00000128. The standard InChI is InChI=1S/C11H14BrNO2.ClH/c1-15-10-6-7(5-8(12)11(10)14)9-3-2-4-13-9;/h5-6,9,13-14H,2-4H2,1H3;1H/t9-;/m1./s1. The highest BCUT2D eigenvalue weighted by Gasteiger charge is 2.19. The second-order valence-electron chi connectivity index (χ2n) is 3.70. The predicted octanol–water partition coefficient (Wildman–Crippen LogP) is 3.01. The summed E-state index contributed by atoms with van der Waals surface area (Å²) in [6.07, 6.45) is 2.34. The Morgan fingerprint density at radius 3 is 2.81 bits per heavy atom. The van der Waals surface area contributed by atoms with E-state index >= 15 is 0 Å². The van der Waals surface area contributed by atoms with Crippen molar-refractivity contribution in [1.82, 2.24) is 5.32 Å². The summed E-state index contributed by atoms with van der Waals surface area (Å²) in [5.41, 5.74) is 1.16. The molecule has 0 amide bonds. The van der Waals surface area contributed by atoms with Crippen molar-refractivity contribution >= 4 is 28.3 Å². The number of phenols is 1. The first kappa shape index (κ1) is 13.6. The van der Waals surface area contributed by atoms with E-state index in [2.05, 4.69) is 21.2 Å². The number of methoxy groups -OCH3 is 1. The largest absolute Gasteiger partial charge is 0.503 e. The number of halogens is 2. The van der Waals surface area contributed by atoms with Gasteiger partial charge in [-0.15, -0.1) is 12.4 Å². The molecule has 2 N–H and O–H groups in total. The summed E-state index contributed by atoms with van der Waals surface area (Å²) in [6.45, 7) is 1.06. The first-order chi connectivity index (χ1) is 7.22.